The highest BCUT2D eigenvalue weighted by Crippen LogP contribution is 2.35. The summed E-state index contributed by atoms with van der Waals surface area (Å²) in [5.74, 6) is -0.429. The molecule has 1 aliphatic heterocycles. The topological polar surface area (TPSA) is 55.8 Å². The Morgan fingerprint density at radius 2 is 1.96 bits per heavy atom. The smallest absolute Gasteiger partial charge is 0.387 e. The number of alkyl halides is 2. The van der Waals surface area contributed by atoms with Crippen LogP contribution >= 0.6 is 27.7 Å². The molecule has 5 nitrogen and oxygen atoms in total. The summed E-state index contributed by atoms with van der Waals surface area (Å²) in [6.45, 7) is -2.82. The van der Waals surface area contributed by atoms with E-state index in [-0.39, 0.29) is 28.2 Å². The molecule has 3 rings (SSSR count). The molecule has 28 heavy (non-hydrogen) atoms. The first kappa shape index (κ1) is 20.3. The van der Waals surface area contributed by atoms with Gasteiger partial charge in [0.1, 0.15) is 0 Å². The normalized spacial score (nSPS) is 15.6. The first-order valence-corrected chi connectivity index (χ1v) is 9.61. The highest BCUT2D eigenvalue weighted by Gasteiger charge is 2.35. The summed E-state index contributed by atoms with van der Waals surface area (Å²) in [5.41, 5.74) is 1.33. The first-order valence-electron chi connectivity index (χ1n) is 8.00. The van der Waals surface area contributed by atoms with Crippen molar-refractivity contribution in [2.45, 2.75) is 13.2 Å². The van der Waals surface area contributed by atoms with E-state index in [4.69, 9.17) is 4.74 Å². The van der Waals surface area contributed by atoms with Crippen LogP contribution in [0.3, 0.4) is 0 Å². The van der Waals surface area contributed by atoms with Crippen LogP contribution in [-0.4, -0.2) is 29.8 Å². The second-order valence-electron chi connectivity index (χ2n) is 5.69. The number of ether oxygens (including phenoxy) is 2. The number of methoxy groups -OCH3 is 1. The summed E-state index contributed by atoms with van der Waals surface area (Å²) < 4.78 is 35.1. The predicted molar refractivity (Wildman–Crippen MR) is 105 cm³/mol. The quantitative estimate of drug-likeness (QED) is 0.537. The van der Waals surface area contributed by atoms with Gasteiger partial charge in [-0.05, 0) is 53.2 Å². The average molecular weight is 470 g/mol. The molecule has 0 aromatic heterocycles. The number of hydrogen-bond acceptors (Lipinski definition) is 5. The molecule has 1 fully saturated rings. The zero-order valence-corrected chi connectivity index (χ0v) is 16.9. The number of nitrogens with zero attached hydrogens (tertiary/aromatic N) is 1. The van der Waals surface area contributed by atoms with Crippen LogP contribution in [0.1, 0.15) is 11.1 Å². The van der Waals surface area contributed by atoms with E-state index in [1.165, 1.54) is 31.4 Å². The number of carbonyl (C=O) groups excluding carboxylic acids is 2. The molecule has 0 saturated carbocycles. The predicted octanol–water partition coefficient (Wildman–Crippen LogP) is 5.30. The zero-order chi connectivity index (χ0) is 20.3. The molecule has 2 aromatic carbocycles. The number of carbonyl (C=O) groups is 2. The fraction of sp³-hybridized carbons (Fsp3) is 0.158. The number of thioether (sulfide) groups is 1. The highest BCUT2D eigenvalue weighted by atomic mass is 79.9. The third kappa shape index (κ3) is 4.71. The molecule has 0 bridgehead atoms. The van der Waals surface area contributed by atoms with Crippen molar-refractivity contribution in [2.75, 3.05) is 7.11 Å². The van der Waals surface area contributed by atoms with Crippen molar-refractivity contribution in [3.63, 3.8) is 0 Å². The summed E-state index contributed by atoms with van der Waals surface area (Å²) in [5, 5.41) is -0.374. The van der Waals surface area contributed by atoms with E-state index < -0.39 is 12.5 Å². The van der Waals surface area contributed by atoms with Gasteiger partial charge in [0.05, 0.1) is 18.6 Å². The fourth-order valence-corrected chi connectivity index (χ4v) is 3.86. The van der Waals surface area contributed by atoms with E-state index in [0.29, 0.717) is 5.56 Å². The lowest BCUT2D eigenvalue weighted by atomic mass is 10.1. The molecule has 9 heteroatoms. The maximum Gasteiger partial charge on any atom is 0.387 e. The number of imide groups is 1. The Morgan fingerprint density at radius 3 is 2.64 bits per heavy atom. The van der Waals surface area contributed by atoms with Crippen molar-refractivity contribution in [3.8, 4) is 11.5 Å². The molecule has 0 N–H and O–H groups in total. The molecule has 146 valence electrons. The Morgan fingerprint density at radius 1 is 1.18 bits per heavy atom. The summed E-state index contributed by atoms with van der Waals surface area (Å²) in [6, 6.07) is 11.6. The maximum atomic E-state index is 12.6. The lowest BCUT2D eigenvalue weighted by Gasteiger charge is -2.12. The largest absolute Gasteiger partial charge is 0.493 e. The van der Waals surface area contributed by atoms with Crippen molar-refractivity contribution < 1.29 is 27.8 Å². The van der Waals surface area contributed by atoms with Gasteiger partial charge in [-0.25, -0.2) is 0 Å². The number of benzene rings is 2. The molecular formula is C19H14BrF2NO4S. The van der Waals surface area contributed by atoms with Crippen LogP contribution in [0, 0.1) is 0 Å². The zero-order valence-electron chi connectivity index (χ0n) is 14.5. The molecule has 2 amide bonds. The van der Waals surface area contributed by atoms with Crippen LogP contribution in [0.25, 0.3) is 6.08 Å². The van der Waals surface area contributed by atoms with Crippen LogP contribution < -0.4 is 9.47 Å². The number of hydrogen-bond donors (Lipinski definition) is 0. The van der Waals surface area contributed by atoms with Crippen LogP contribution in [-0.2, 0) is 11.3 Å². The molecule has 2 aromatic rings. The monoisotopic (exact) mass is 469 g/mol. The number of halogens is 3. The first-order chi connectivity index (χ1) is 13.4. The second-order valence-corrected chi connectivity index (χ2v) is 7.60. The number of amides is 2. The van der Waals surface area contributed by atoms with E-state index in [1.807, 2.05) is 24.3 Å². The molecule has 1 heterocycles. The van der Waals surface area contributed by atoms with Crippen molar-refractivity contribution in [2.24, 2.45) is 0 Å². The van der Waals surface area contributed by atoms with Gasteiger partial charge in [0, 0.05) is 4.47 Å². The Hall–Kier alpha value is -2.39. The fourth-order valence-electron chi connectivity index (χ4n) is 2.57. The van der Waals surface area contributed by atoms with Crippen LogP contribution in [0.15, 0.2) is 51.8 Å². The highest BCUT2D eigenvalue weighted by molar-refractivity contribution is 9.10. The third-order valence-corrected chi connectivity index (χ3v) is 5.21. The summed E-state index contributed by atoms with van der Waals surface area (Å²) in [4.78, 5) is 26.3. The maximum absolute atomic E-state index is 12.6. The Kier molecular flexibility index (Phi) is 6.35. The van der Waals surface area contributed by atoms with Gasteiger partial charge in [0.25, 0.3) is 11.1 Å². The van der Waals surface area contributed by atoms with Crippen LogP contribution in [0.4, 0.5) is 13.6 Å². The van der Waals surface area contributed by atoms with Gasteiger partial charge in [-0.3, -0.25) is 14.5 Å². The molecule has 0 aliphatic carbocycles. The van der Waals surface area contributed by atoms with Gasteiger partial charge in [-0.15, -0.1) is 0 Å². The molecule has 0 unspecified atom stereocenters. The average Bonchev–Trinajstić information content (AvgIpc) is 2.90. The van der Waals surface area contributed by atoms with Gasteiger partial charge in [-0.1, -0.05) is 34.1 Å². The summed E-state index contributed by atoms with van der Waals surface area (Å²) in [6.07, 6.45) is 1.51. The van der Waals surface area contributed by atoms with E-state index in [9.17, 15) is 18.4 Å². The minimum atomic E-state index is -2.98. The van der Waals surface area contributed by atoms with Gasteiger partial charge in [0.2, 0.25) is 0 Å². The lowest BCUT2D eigenvalue weighted by Crippen LogP contribution is -2.27. The third-order valence-electron chi connectivity index (χ3n) is 3.80. The van der Waals surface area contributed by atoms with Gasteiger partial charge < -0.3 is 9.47 Å². The molecular weight excluding hydrogens is 456 g/mol. The molecule has 1 aliphatic rings. The van der Waals surface area contributed by atoms with E-state index in [1.54, 1.807) is 0 Å². The molecule has 0 radical (unpaired) electrons. The second kappa shape index (κ2) is 8.74. The molecule has 1 saturated heterocycles. The SMILES string of the molecule is COc1cc(/C=C2\SC(=O)N(Cc3cccc(Br)c3)C2=O)ccc1OC(F)F. The van der Waals surface area contributed by atoms with Gasteiger partial charge in [-0.2, -0.15) is 8.78 Å². The molecule has 0 spiro atoms. The van der Waals surface area contributed by atoms with Crippen LogP contribution in [0.5, 0.6) is 11.5 Å². The Balaban J connectivity index is 1.81. The van der Waals surface area contributed by atoms with Gasteiger partial charge in [0.15, 0.2) is 11.5 Å². The molecule has 0 atom stereocenters. The minimum Gasteiger partial charge on any atom is -0.493 e. The minimum absolute atomic E-state index is 0.0995. The standard InChI is InChI=1S/C19H14BrF2NO4S/c1-26-15-8-11(5-6-14(15)27-18(21)22)9-16-17(24)23(19(25)28-16)10-12-3-2-4-13(20)7-12/h2-9,18H,10H2,1H3/b16-9-. The van der Waals surface area contributed by atoms with Crippen LogP contribution in [0.2, 0.25) is 0 Å². The van der Waals surface area contributed by atoms with E-state index >= 15 is 0 Å². The summed E-state index contributed by atoms with van der Waals surface area (Å²) in [7, 11) is 1.32. The Bertz CT molecular complexity index is 951. The van der Waals surface area contributed by atoms with Crippen molar-refractivity contribution in [1.82, 2.24) is 4.90 Å². The lowest BCUT2D eigenvalue weighted by molar-refractivity contribution is -0.123. The van der Waals surface area contributed by atoms with Crippen molar-refractivity contribution in [1.29, 1.82) is 0 Å². The summed E-state index contributed by atoms with van der Waals surface area (Å²) >= 11 is 4.18. The van der Waals surface area contributed by atoms with Crippen molar-refractivity contribution >= 4 is 44.9 Å². The Labute approximate surface area is 172 Å². The number of rotatable bonds is 6. The van der Waals surface area contributed by atoms with Gasteiger partial charge >= 0.3 is 6.61 Å². The van der Waals surface area contributed by atoms with Crippen molar-refractivity contribution in [3.05, 3.63) is 63.0 Å². The van der Waals surface area contributed by atoms with E-state index in [2.05, 4.69) is 20.7 Å². The van der Waals surface area contributed by atoms with E-state index in [0.717, 1.165) is 26.7 Å².